The van der Waals surface area contributed by atoms with Crippen LogP contribution in [0.4, 0.5) is 0 Å². The second kappa shape index (κ2) is 6.09. The van der Waals surface area contributed by atoms with Crippen LogP contribution in [0.5, 0.6) is 5.75 Å². The van der Waals surface area contributed by atoms with Gasteiger partial charge in [0.05, 0.1) is 14.2 Å². The van der Waals surface area contributed by atoms with Crippen molar-refractivity contribution < 1.29 is 24.2 Å². The molecule has 0 unspecified atom stereocenters. The van der Waals surface area contributed by atoms with E-state index in [1.165, 1.54) is 0 Å². The molecule has 0 amide bonds. The number of methoxy groups -OCH3 is 2. The highest BCUT2D eigenvalue weighted by Gasteiger charge is 2.15. The number of hydrogen-bond donors (Lipinski definition) is 1. The van der Waals surface area contributed by atoms with Gasteiger partial charge in [-0.15, -0.1) is 0 Å². The number of ether oxygens (including phenoxy) is 2. The lowest BCUT2D eigenvalue weighted by Gasteiger charge is -2.09. The molecular formula is C16H14O5. The fourth-order valence-corrected chi connectivity index (χ4v) is 2.03. The van der Waals surface area contributed by atoms with E-state index in [-0.39, 0.29) is 5.76 Å². The predicted molar refractivity (Wildman–Crippen MR) is 78.1 cm³/mol. The number of aliphatic hydroxyl groups is 1. The summed E-state index contributed by atoms with van der Waals surface area (Å²) >= 11 is 0. The van der Waals surface area contributed by atoms with Gasteiger partial charge in [-0.25, -0.2) is 4.79 Å². The lowest BCUT2D eigenvalue weighted by atomic mass is 10.0. The molecule has 0 spiro atoms. The number of fused-ring (bicyclic) bond motifs is 1. The molecule has 0 fully saturated rings. The zero-order valence-electron chi connectivity index (χ0n) is 11.6. The number of carbonyl (C=O) groups is 2. The van der Waals surface area contributed by atoms with Crippen LogP contribution in [0, 0.1) is 0 Å². The summed E-state index contributed by atoms with van der Waals surface area (Å²) < 4.78 is 9.57. The first-order valence-corrected chi connectivity index (χ1v) is 6.17. The standard InChI is InChI=1S/C16H14O5/c1-20-15-8-7-11(10-5-3-4-6-12(10)15)13(17)9-14(18)16(19)21-2/h3-9,17H,1-2H3/b13-9-. The van der Waals surface area contributed by atoms with Gasteiger partial charge in [0.25, 0.3) is 5.78 Å². The van der Waals surface area contributed by atoms with Crippen molar-refractivity contribution in [1.29, 1.82) is 0 Å². The predicted octanol–water partition coefficient (Wildman–Crippen LogP) is 2.49. The van der Waals surface area contributed by atoms with Crippen LogP contribution in [0.3, 0.4) is 0 Å². The van der Waals surface area contributed by atoms with Gasteiger partial charge >= 0.3 is 5.97 Å². The largest absolute Gasteiger partial charge is 0.507 e. The number of benzene rings is 2. The maximum atomic E-state index is 11.5. The van der Waals surface area contributed by atoms with Crippen LogP contribution in [0.15, 0.2) is 42.5 Å². The second-order valence-electron chi connectivity index (χ2n) is 4.25. The van der Waals surface area contributed by atoms with Crippen LogP contribution >= 0.6 is 0 Å². The van der Waals surface area contributed by atoms with Crippen LogP contribution in [0.1, 0.15) is 5.56 Å². The molecular weight excluding hydrogens is 272 g/mol. The normalized spacial score (nSPS) is 11.2. The van der Waals surface area contributed by atoms with E-state index in [1.54, 1.807) is 31.4 Å². The fourth-order valence-electron chi connectivity index (χ4n) is 2.03. The highest BCUT2D eigenvalue weighted by molar-refractivity contribution is 6.39. The Bertz CT molecular complexity index is 731. The third-order valence-corrected chi connectivity index (χ3v) is 3.03. The number of aliphatic hydroxyl groups excluding tert-OH is 1. The average molecular weight is 286 g/mol. The molecule has 0 saturated carbocycles. The first-order chi connectivity index (χ1) is 10.1. The Kier molecular flexibility index (Phi) is 4.23. The molecule has 0 saturated heterocycles. The molecule has 2 aromatic rings. The van der Waals surface area contributed by atoms with Crippen molar-refractivity contribution in [3.05, 3.63) is 48.0 Å². The van der Waals surface area contributed by atoms with Crippen LogP contribution in [-0.4, -0.2) is 31.1 Å². The molecule has 1 N–H and O–H groups in total. The highest BCUT2D eigenvalue weighted by Crippen LogP contribution is 2.31. The van der Waals surface area contributed by atoms with Gasteiger partial charge in [-0.3, -0.25) is 4.79 Å². The minimum Gasteiger partial charge on any atom is -0.507 e. The minimum absolute atomic E-state index is 0.302. The highest BCUT2D eigenvalue weighted by atomic mass is 16.5. The van der Waals surface area contributed by atoms with E-state index in [0.29, 0.717) is 16.7 Å². The van der Waals surface area contributed by atoms with Crippen LogP contribution in [0.2, 0.25) is 0 Å². The third kappa shape index (κ3) is 2.86. The van der Waals surface area contributed by atoms with Gasteiger partial charge in [0.15, 0.2) is 0 Å². The average Bonchev–Trinajstić information content (AvgIpc) is 2.52. The van der Waals surface area contributed by atoms with E-state index in [9.17, 15) is 14.7 Å². The summed E-state index contributed by atoms with van der Waals surface area (Å²) in [5.74, 6) is -1.60. The van der Waals surface area contributed by atoms with E-state index in [1.807, 2.05) is 12.1 Å². The Balaban J connectivity index is 2.55. The lowest BCUT2D eigenvalue weighted by Crippen LogP contribution is -2.13. The van der Waals surface area contributed by atoms with Crippen molar-refractivity contribution in [2.24, 2.45) is 0 Å². The summed E-state index contributed by atoms with van der Waals surface area (Å²) in [5, 5.41) is 11.6. The topological polar surface area (TPSA) is 72.8 Å². The summed E-state index contributed by atoms with van der Waals surface area (Å²) in [4.78, 5) is 22.6. The molecule has 5 nitrogen and oxygen atoms in total. The van der Waals surface area contributed by atoms with Crippen molar-refractivity contribution in [2.75, 3.05) is 14.2 Å². The molecule has 0 bridgehead atoms. The molecule has 0 aromatic heterocycles. The number of rotatable bonds is 4. The monoisotopic (exact) mass is 286 g/mol. The van der Waals surface area contributed by atoms with E-state index in [2.05, 4.69) is 4.74 Å². The van der Waals surface area contributed by atoms with E-state index in [4.69, 9.17) is 4.74 Å². The zero-order valence-corrected chi connectivity index (χ0v) is 11.6. The Morgan fingerprint density at radius 3 is 2.33 bits per heavy atom. The van der Waals surface area contributed by atoms with E-state index >= 15 is 0 Å². The summed E-state index contributed by atoms with van der Waals surface area (Å²) in [6.45, 7) is 0. The molecule has 0 aliphatic rings. The van der Waals surface area contributed by atoms with Gasteiger partial charge in [-0.2, -0.15) is 0 Å². The second-order valence-corrected chi connectivity index (χ2v) is 4.25. The molecule has 0 radical (unpaired) electrons. The number of hydrogen-bond acceptors (Lipinski definition) is 5. The molecule has 21 heavy (non-hydrogen) atoms. The van der Waals surface area contributed by atoms with Crippen molar-refractivity contribution in [2.45, 2.75) is 0 Å². The molecule has 2 aromatic carbocycles. The smallest absolute Gasteiger partial charge is 0.378 e. The zero-order chi connectivity index (χ0) is 15.4. The number of carbonyl (C=O) groups excluding carboxylic acids is 2. The van der Waals surface area contributed by atoms with Gasteiger partial charge in [0, 0.05) is 17.0 Å². The van der Waals surface area contributed by atoms with Crippen molar-refractivity contribution in [1.82, 2.24) is 0 Å². The fraction of sp³-hybridized carbons (Fsp3) is 0.125. The van der Waals surface area contributed by atoms with Crippen molar-refractivity contribution >= 4 is 28.3 Å². The number of esters is 1. The Hall–Kier alpha value is -2.82. The lowest BCUT2D eigenvalue weighted by molar-refractivity contribution is -0.149. The Labute approximate surface area is 121 Å². The van der Waals surface area contributed by atoms with Crippen LogP contribution < -0.4 is 4.74 Å². The van der Waals surface area contributed by atoms with Gasteiger partial charge in [0.2, 0.25) is 0 Å². The summed E-state index contributed by atoms with van der Waals surface area (Å²) in [5.41, 5.74) is 0.434. The van der Waals surface area contributed by atoms with Crippen LogP contribution in [-0.2, 0) is 14.3 Å². The maximum absolute atomic E-state index is 11.5. The van der Waals surface area contributed by atoms with Gasteiger partial charge in [-0.05, 0) is 17.5 Å². The summed E-state index contributed by atoms with van der Waals surface area (Å²) in [6, 6.07) is 10.6. The molecule has 0 atom stereocenters. The quantitative estimate of drug-likeness (QED) is 0.404. The molecule has 2 rings (SSSR count). The van der Waals surface area contributed by atoms with E-state index < -0.39 is 11.8 Å². The SMILES string of the molecule is COC(=O)C(=O)/C=C(\O)c1ccc(OC)c2ccccc12. The molecule has 0 aliphatic heterocycles. The van der Waals surface area contributed by atoms with Gasteiger partial charge in [0.1, 0.15) is 11.5 Å². The van der Waals surface area contributed by atoms with Gasteiger partial charge in [-0.1, -0.05) is 24.3 Å². The van der Waals surface area contributed by atoms with Crippen molar-refractivity contribution in [3.8, 4) is 5.75 Å². The minimum atomic E-state index is -1.03. The van der Waals surface area contributed by atoms with Crippen LogP contribution in [0.25, 0.3) is 16.5 Å². The number of ketones is 1. The Morgan fingerprint density at radius 1 is 1.05 bits per heavy atom. The van der Waals surface area contributed by atoms with E-state index in [0.717, 1.165) is 18.6 Å². The molecule has 108 valence electrons. The first-order valence-electron chi connectivity index (χ1n) is 6.17. The molecule has 0 aliphatic carbocycles. The Morgan fingerprint density at radius 2 is 1.71 bits per heavy atom. The first kappa shape index (κ1) is 14.6. The molecule has 5 heteroatoms. The maximum Gasteiger partial charge on any atom is 0.378 e. The van der Waals surface area contributed by atoms with Crippen molar-refractivity contribution in [3.63, 3.8) is 0 Å². The summed E-state index contributed by atoms with van der Waals surface area (Å²) in [7, 11) is 2.66. The summed E-state index contributed by atoms with van der Waals surface area (Å²) in [6.07, 6.45) is 0.847. The van der Waals surface area contributed by atoms with Gasteiger partial charge < -0.3 is 14.6 Å². The third-order valence-electron chi connectivity index (χ3n) is 3.03. The molecule has 0 heterocycles.